The van der Waals surface area contributed by atoms with Gasteiger partial charge in [0.25, 0.3) is 0 Å². The molecule has 12 heavy (non-hydrogen) atoms. The van der Waals surface area contributed by atoms with Crippen LogP contribution >= 0.6 is 0 Å². The van der Waals surface area contributed by atoms with Crippen LogP contribution in [0.15, 0.2) is 17.7 Å². The zero-order valence-electron chi connectivity index (χ0n) is 7.62. The second-order valence-electron chi connectivity index (χ2n) is 3.46. The molecule has 0 aromatic heterocycles. The molecule has 0 aliphatic heterocycles. The Hall–Kier alpha value is 0.943. The van der Waals surface area contributed by atoms with E-state index in [4.69, 9.17) is 0 Å². The molecule has 0 saturated carbocycles. The molecule has 0 saturated heterocycles. The Bertz CT molecular complexity index is 166. The van der Waals surface area contributed by atoms with E-state index in [1.165, 1.54) is 5.57 Å². The van der Waals surface area contributed by atoms with E-state index in [0.717, 1.165) is 6.42 Å². The van der Waals surface area contributed by atoms with E-state index < -0.39 is 0 Å². The topological polar surface area (TPSA) is 0 Å². The summed E-state index contributed by atoms with van der Waals surface area (Å²) >= 11 is 0. The van der Waals surface area contributed by atoms with E-state index in [9.17, 15) is 0 Å². The van der Waals surface area contributed by atoms with Gasteiger partial charge in [-0.2, -0.15) is 11.6 Å². The third kappa shape index (κ3) is 5.57. The van der Waals surface area contributed by atoms with Crippen LogP contribution in [0, 0.1) is 11.5 Å². The van der Waals surface area contributed by atoms with Gasteiger partial charge in [0.05, 0.1) is 0 Å². The molecule has 3 heteroatoms. The summed E-state index contributed by atoms with van der Waals surface area (Å²) in [6, 6.07) is 0. The van der Waals surface area contributed by atoms with Crippen LogP contribution in [0.4, 0.5) is 0 Å². The third-order valence-corrected chi connectivity index (χ3v) is 1.56. The first-order chi connectivity index (χ1) is 4.11. The van der Waals surface area contributed by atoms with Crippen molar-refractivity contribution in [1.82, 2.24) is 0 Å². The predicted octanol–water partition coefficient (Wildman–Crippen LogP) is -3.27. The van der Waals surface area contributed by atoms with Gasteiger partial charge in [-0.15, -0.1) is 6.42 Å². The fourth-order valence-corrected chi connectivity index (χ4v) is 0.919. The van der Waals surface area contributed by atoms with Crippen molar-refractivity contribution in [2.24, 2.45) is 5.41 Å². The van der Waals surface area contributed by atoms with E-state index in [-0.39, 0.29) is 51.0 Å². The van der Waals surface area contributed by atoms with Gasteiger partial charge in [0.2, 0.25) is 0 Å². The molecule has 1 radical (unpaired) electrons. The Labute approximate surface area is 107 Å². The minimum Gasteiger partial charge on any atom is -1.00 e. The van der Waals surface area contributed by atoms with E-state index in [0.29, 0.717) is 5.41 Å². The average molecular weight is 283 g/mol. The van der Waals surface area contributed by atoms with Crippen molar-refractivity contribution < 1.29 is 51.0 Å². The molecule has 1 aliphatic rings. The average Bonchev–Trinajstić information content (AvgIpc) is 2.08. The number of hydrogen-bond donors (Lipinski definition) is 0. The first-order valence-corrected chi connectivity index (χ1v) is 3.38. The number of hydrogen-bond acceptors (Lipinski definition) is 0. The van der Waals surface area contributed by atoms with Crippen LogP contribution in [-0.2, 0) is 26.2 Å². The zero-order valence-corrected chi connectivity index (χ0v) is 11.6. The van der Waals surface area contributed by atoms with Crippen molar-refractivity contribution in [3.05, 3.63) is 23.8 Å². The van der Waals surface area contributed by atoms with Gasteiger partial charge in [-0.05, 0) is 0 Å². The fraction of sp³-hybridized carbons (Fsp3) is 0.556. The maximum atomic E-state index is 3.16. The molecule has 0 fully saturated rings. The summed E-state index contributed by atoms with van der Waals surface area (Å²) < 4.78 is 0. The summed E-state index contributed by atoms with van der Waals surface area (Å²) in [5, 5.41) is 0. The second kappa shape index (κ2) is 7.36. The maximum absolute atomic E-state index is 3.16. The van der Waals surface area contributed by atoms with Crippen LogP contribution in [0.3, 0.4) is 0 Å². The number of rotatable bonds is 0. The SMILES string of the molecule is CC(C)(C)C1=CC[C-]=C1.[Cl-].[Cl-].[Zr+3]. The summed E-state index contributed by atoms with van der Waals surface area (Å²) in [5.74, 6) is 0. The van der Waals surface area contributed by atoms with E-state index >= 15 is 0 Å². The Kier molecular flexibility index (Phi) is 11.4. The molecule has 67 valence electrons. The van der Waals surface area contributed by atoms with E-state index in [2.05, 4.69) is 39.0 Å². The van der Waals surface area contributed by atoms with Crippen molar-refractivity contribution in [3.8, 4) is 0 Å². The Morgan fingerprint density at radius 1 is 1.25 bits per heavy atom. The zero-order chi connectivity index (χ0) is 6.91. The molecule has 0 aromatic rings. The summed E-state index contributed by atoms with van der Waals surface area (Å²) in [7, 11) is 0. The van der Waals surface area contributed by atoms with Crippen LogP contribution in [0.1, 0.15) is 27.2 Å². The van der Waals surface area contributed by atoms with Crippen molar-refractivity contribution in [2.75, 3.05) is 0 Å². The molecule has 0 unspecified atom stereocenters. The predicted molar refractivity (Wildman–Crippen MR) is 40.0 cm³/mol. The minimum absolute atomic E-state index is 0. The molecule has 0 heterocycles. The van der Waals surface area contributed by atoms with Gasteiger partial charge >= 0.3 is 26.2 Å². The molecule has 0 bridgehead atoms. The maximum Gasteiger partial charge on any atom is 3.00 e. The van der Waals surface area contributed by atoms with Gasteiger partial charge in [0.15, 0.2) is 0 Å². The monoisotopic (exact) mass is 281 g/mol. The molecule has 0 spiro atoms. The van der Waals surface area contributed by atoms with Crippen LogP contribution in [0.2, 0.25) is 0 Å². The number of halogens is 2. The van der Waals surface area contributed by atoms with Gasteiger partial charge in [0, 0.05) is 0 Å². The molecular formula is C9H13Cl2Zr. The van der Waals surface area contributed by atoms with Crippen molar-refractivity contribution in [2.45, 2.75) is 27.2 Å². The minimum atomic E-state index is 0. The normalized spacial score (nSPS) is 13.8. The number of allylic oxidation sites excluding steroid dienone is 4. The Morgan fingerprint density at radius 2 is 1.75 bits per heavy atom. The third-order valence-electron chi connectivity index (χ3n) is 1.56. The first kappa shape index (κ1) is 18.7. The quantitative estimate of drug-likeness (QED) is 0.409. The molecular weight excluding hydrogens is 270 g/mol. The summed E-state index contributed by atoms with van der Waals surface area (Å²) in [6.07, 6.45) is 8.50. The summed E-state index contributed by atoms with van der Waals surface area (Å²) in [4.78, 5) is 0. The van der Waals surface area contributed by atoms with E-state index in [1.807, 2.05) is 0 Å². The van der Waals surface area contributed by atoms with Gasteiger partial charge in [-0.25, -0.2) is 6.08 Å². The molecule has 0 nitrogen and oxygen atoms in total. The first-order valence-electron chi connectivity index (χ1n) is 3.38. The van der Waals surface area contributed by atoms with Crippen LogP contribution in [-0.4, -0.2) is 0 Å². The van der Waals surface area contributed by atoms with Crippen molar-refractivity contribution in [3.63, 3.8) is 0 Å². The molecule has 1 aliphatic carbocycles. The van der Waals surface area contributed by atoms with Crippen LogP contribution in [0.5, 0.6) is 0 Å². The largest absolute Gasteiger partial charge is 3.00 e. The molecule has 0 amide bonds. The van der Waals surface area contributed by atoms with Gasteiger partial charge < -0.3 is 24.8 Å². The summed E-state index contributed by atoms with van der Waals surface area (Å²) in [5.41, 5.74) is 1.74. The molecule has 0 aromatic carbocycles. The van der Waals surface area contributed by atoms with Crippen molar-refractivity contribution >= 4 is 0 Å². The van der Waals surface area contributed by atoms with Crippen LogP contribution < -0.4 is 24.8 Å². The van der Waals surface area contributed by atoms with Gasteiger partial charge in [-0.1, -0.05) is 26.2 Å². The molecule has 1 rings (SSSR count). The van der Waals surface area contributed by atoms with Crippen LogP contribution in [0.25, 0.3) is 0 Å². The van der Waals surface area contributed by atoms with Gasteiger partial charge in [0.1, 0.15) is 0 Å². The van der Waals surface area contributed by atoms with E-state index in [1.54, 1.807) is 0 Å². The Morgan fingerprint density at radius 3 is 1.92 bits per heavy atom. The second-order valence-corrected chi connectivity index (χ2v) is 3.46. The van der Waals surface area contributed by atoms with Crippen molar-refractivity contribution in [1.29, 1.82) is 0 Å². The molecule has 0 N–H and O–H groups in total. The van der Waals surface area contributed by atoms with Gasteiger partial charge in [-0.3, -0.25) is 6.08 Å². The summed E-state index contributed by atoms with van der Waals surface area (Å²) in [6.45, 7) is 6.67. The Balaban J connectivity index is -0.000000270. The smallest absolute Gasteiger partial charge is 1.00 e. The fourth-order valence-electron chi connectivity index (χ4n) is 0.919. The molecule has 0 atom stereocenters. The standard InChI is InChI=1S/C9H13.2ClH.Zr/c1-9(2,3)8-6-4-5-7-8;;;/h6-7H,4H2,1-3H3;2*1H;/q-1;;;+3/p-2.